The summed E-state index contributed by atoms with van der Waals surface area (Å²) in [6.07, 6.45) is 3.55. The third-order valence-corrected chi connectivity index (χ3v) is 7.52. The quantitative estimate of drug-likeness (QED) is 0.310. The zero-order valence-corrected chi connectivity index (χ0v) is 23.8. The molecule has 1 unspecified atom stereocenters. The number of pyridine rings is 1. The molecule has 2 fully saturated rings. The molecule has 0 saturated carbocycles. The van der Waals surface area contributed by atoms with Gasteiger partial charge in [-0.05, 0) is 25.0 Å². The number of methoxy groups -OCH3 is 2. The van der Waals surface area contributed by atoms with Crippen molar-refractivity contribution in [1.29, 1.82) is 0 Å². The molecule has 12 nitrogen and oxygen atoms in total. The zero-order chi connectivity index (χ0) is 29.1. The highest BCUT2D eigenvalue weighted by molar-refractivity contribution is 6.41. The molecule has 41 heavy (non-hydrogen) atoms. The first-order valence-electron chi connectivity index (χ1n) is 12.8. The van der Waals surface area contributed by atoms with E-state index in [0.29, 0.717) is 59.9 Å². The van der Waals surface area contributed by atoms with E-state index < -0.39 is 6.10 Å². The summed E-state index contributed by atoms with van der Waals surface area (Å²) in [4.78, 5) is 38.8. The number of rotatable bonds is 9. The van der Waals surface area contributed by atoms with Crippen molar-refractivity contribution in [2.24, 2.45) is 0 Å². The van der Waals surface area contributed by atoms with Gasteiger partial charge in [0.2, 0.25) is 11.9 Å². The number of nitrogens with zero attached hydrogens (tertiary/aromatic N) is 3. The third-order valence-electron chi connectivity index (χ3n) is 6.77. The molecule has 216 valence electrons. The van der Waals surface area contributed by atoms with E-state index in [4.69, 9.17) is 47.1 Å². The van der Waals surface area contributed by atoms with E-state index in [1.165, 1.54) is 20.3 Å². The Morgan fingerprint density at radius 1 is 1.10 bits per heavy atom. The van der Waals surface area contributed by atoms with Crippen molar-refractivity contribution in [2.75, 3.05) is 44.7 Å². The number of hydrogen-bond donors (Lipinski definition) is 3. The molecular weight excluding hydrogens is 575 g/mol. The summed E-state index contributed by atoms with van der Waals surface area (Å²) in [7, 11) is 2.95. The average Bonchev–Trinajstić information content (AvgIpc) is 3.66. The third kappa shape index (κ3) is 6.01. The van der Waals surface area contributed by atoms with Gasteiger partial charge in [-0.1, -0.05) is 29.8 Å². The summed E-state index contributed by atoms with van der Waals surface area (Å²) in [6, 6.07) is 2.67. The van der Waals surface area contributed by atoms with E-state index in [1.807, 2.05) is 0 Å². The summed E-state index contributed by atoms with van der Waals surface area (Å²) in [5.74, 6) is 0.432. The van der Waals surface area contributed by atoms with Crippen LogP contribution in [0.1, 0.15) is 12.8 Å². The molecule has 2 saturated heterocycles. The molecule has 2 aliphatic heterocycles. The van der Waals surface area contributed by atoms with Crippen LogP contribution in [-0.2, 0) is 19.1 Å². The molecule has 0 bridgehead atoms. The van der Waals surface area contributed by atoms with Gasteiger partial charge in [0.1, 0.15) is 23.1 Å². The van der Waals surface area contributed by atoms with Crippen molar-refractivity contribution in [2.45, 2.75) is 31.0 Å². The van der Waals surface area contributed by atoms with Crippen LogP contribution in [0.3, 0.4) is 0 Å². The number of fused-ring (bicyclic) bond motifs is 1. The lowest BCUT2D eigenvalue weighted by Gasteiger charge is -2.20. The number of halogens is 2. The van der Waals surface area contributed by atoms with E-state index in [0.717, 1.165) is 6.42 Å². The molecule has 0 spiro atoms. The number of aromatic nitrogens is 3. The van der Waals surface area contributed by atoms with Crippen LogP contribution in [0.15, 0.2) is 31.0 Å². The largest absolute Gasteiger partial charge is 0.495 e. The van der Waals surface area contributed by atoms with Crippen LogP contribution in [0.2, 0.25) is 10.0 Å². The van der Waals surface area contributed by atoms with E-state index in [9.17, 15) is 9.59 Å². The minimum Gasteiger partial charge on any atom is -0.495 e. The van der Waals surface area contributed by atoms with Crippen LogP contribution in [0.4, 0.5) is 11.8 Å². The van der Waals surface area contributed by atoms with Crippen molar-refractivity contribution in [3.05, 3.63) is 41.0 Å². The number of anilines is 2. The maximum Gasteiger partial charge on any atom is 0.254 e. The molecule has 0 radical (unpaired) electrons. The van der Waals surface area contributed by atoms with Crippen LogP contribution >= 0.6 is 23.2 Å². The normalized spacial score (nSPS) is 20.0. The zero-order valence-electron chi connectivity index (χ0n) is 22.3. The fourth-order valence-corrected chi connectivity index (χ4v) is 5.36. The molecule has 3 aromatic rings. The van der Waals surface area contributed by atoms with Gasteiger partial charge in [0.25, 0.3) is 5.91 Å². The molecule has 3 atom stereocenters. The Hall–Kier alpha value is -3.71. The number of carbonyl (C=O) groups is 2. The first-order valence-corrected chi connectivity index (χ1v) is 13.6. The predicted octanol–water partition coefficient (Wildman–Crippen LogP) is 3.61. The Morgan fingerprint density at radius 2 is 1.83 bits per heavy atom. The minimum atomic E-state index is -0.608. The lowest BCUT2D eigenvalue weighted by atomic mass is 10.1. The number of nitrogens with one attached hydrogen (secondary N) is 3. The van der Waals surface area contributed by atoms with Crippen molar-refractivity contribution in [3.8, 4) is 22.8 Å². The SMILES string of the molecule is C=CC(=O)N[C@H]1COC[C@H]1Nc1ncc2cc(-c3c(Cl)c(OC)cc(OC)c3Cl)nc(NC(=O)C3CCCO3)c2n1. The second kappa shape index (κ2) is 12.4. The maximum absolute atomic E-state index is 13.1. The predicted molar refractivity (Wildman–Crippen MR) is 154 cm³/mol. The molecule has 4 heterocycles. The topological polar surface area (TPSA) is 146 Å². The fourth-order valence-electron chi connectivity index (χ4n) is 4.66. The molecule has 2 aliphatic rings. The monoisotopic (exact) mass is 602 g/mol. The molecule has 0 aliphatic carbocycles. The number of ether oxygens (including phenoxy) is 4. The van der Waals surface area contributed by atoms with E-state index in [-0.39, 0.29) is 45.7 Å². The van der Waals surface area contributed by atoms with E-state index in [1.54, 1.807) is 18.3 Å². The summed E-state index contributed by atoms with van der Waals surface area (Å²) < 4.78 is 21.9. The summed E-state index contributed by atoms with van der Waals surface area (Å²) in [5.41, 5.74) is 1.06. The van der Waals surface area contributed by atoms with Gasteiger partial charge in [-0.15, -0.1) is 0 Å². The lowest BCUT2D eigenvalue weighted by molar-refractivity contribution is -0.124. The van der Waals surface area contributed by atoms with Crippen LogP contribution in [0, 0.1) is 0 Å². The standard InChI is InChI=1S/C27H28Cl2N6O6/c1-4-20(36)31-15-11-40-12-16(15)33-27-30-10-13-8-14(21-22(28)18(38-2)9-19(39-3)23(21)29)32-25(24(13)34-27)35-26(37)17-6-5-7-41-17/h4,8-10,15-17H,1,5-7,11-12H2,2-3H3,(H,31,36)(H,30,33,34)(H,32,35,37)/t15-,16+,17?/m0/s1. The molecule has 2 amide bonds. The molecule has 5 rings (SSSR count). The lowest BCUT2D eigenvalue weighted by Crippen LogP contribution is -2.45. The number of amides is 2. The van der Waals surface area contributed by atoms with Gasteiger partial charge in [-0.25, -0.2) is 15.0 Å². The van der Waals surface area contributed by atoms with Gasteiger partial charge in [0.05, 0.1) is 55.3 Å². The van der Waals surface area contributed by atoms with Gasteiger partial charge in [0, 0.05) is 29.8 Å². The van der Waals surface area contributed by atoms with Gasteiger partial charge in [-0.2, -0.15) is 0 Å². The van der Waals surface area contributed by atoms with Gasteiger partial charge < -0.3 is 34.9 Å². The molecular formula is C27H28Cl2N6O6. The Balaban J connectivity index is 1.57. The minimum absolute atomic E-state index is 0.163. The van der Waals surface area contributed by atoms with Crippen LogP contribution in [0.5, 0.6) is 11.5 Å². The second-order valence-corrected chi connectivity index (χ2v) is 10.1. The van der Waals surface area contributed by atoms with Gasteiger partial charge in [-0.3, -0.25) is 9.59 Å². The summed E-state index contributed by atoms with van der Waals surface area (Å²) >= 11 is 13.3. The summed E-state index contributed by atoms with van der Waals surface area (Å²) in [6.45, 7) is 4.65. The first-order chi connectivity index (χ1) is 19.8. The van der Waals surface area contributed by atoms with Crippen LogP contribution < -0.4 is 25.4 Å². The van der Waals surface area contributed by atoms with Crippen molar-refractivity contribution in [1.82, 2.24) is 20.3 Å². The maximum atomic E-state index is 13.1. The van der Waals surface area contributed by atoms with Crippen molar-refractivity contribution in [3.63, 3.8) is 0 Å². The van der Waals surface area contributed by atoms with Crippen molar-refractivity contribution < 1.29 is 28.5 Å². The highest BCUT2D eigenvalue weighted by Crippen LogP contribution is 2.46. The first kappa shape index (κ1) is 28.8. The second-order valence-electron chi connectivity index (χ2n) is 9.37. The highest BCUT2D eigenvalue weighted by Gasteiger charge is 2.30. The Bertz CT molecular complexity index is 1470. The van der Waals surface area contributed by atoms with Crippen LogP contribution in [-0.4, -0.2) is 79.0 Å². The van der Waals surface area contributed by atoms with Gasteiger partial charge >= 0.3 is 0 Å². The Kier molecular flexibility index (Phi) is 8.74. The fraction of sp³-hybridized carbons (Fsp3) is 0.370. The summed E-state index contributed by atoms with van der Waals surface area (Å²) in [5, 5.41) is 9.89. The van der Waals surface area contributed by atoms with Crippen LogP contribution in [0.25, 0.3) is 22.2 Å². The van der Waals surface area contributed by atoms with E-state index in [2.05, 4.69) is 32.5 Å². The Labute approximate surface area is 245 Å². The van der Waals surface area contributed by atoms with Crippen molar-refractivity contribution >= 4 is 57.7 Å². The number of carbonyl (C=O) groups excluding carboxylic acids is 2. The smallest absolute Gasteiger partial charge is 0.254 e. The molecule has 3 N–H and O–H groups in total. The number of hydrogen-bond acceptors (Lipinski definition) is 10. The molecule has 14 heteroatoms. The average molecular weight is 603 g/mol. The van der Waals surface area contributed by atoms with E-state index >= 15 is 0 Å². The number of benzene rings is 1. The molecule has 2 aromatic heterocycles. The van der Waals surface area contributed by atoms with Gasteiger partial charge in [0.15, 0.2) is 5.82 Å². The Morgan fingerprint density at radius 3 is 2.49 bits per heavy atom. The molecule has 1 aromatic carbocycles. The highest BCUT2D eigenvalue weighted by atomic mass is 35.5.